The Morgan fingerprint density at radius 1 is 1.69 bits per heavy atom. The summed E-state index contributed by atoms with van der Waals surface area (Å²) in [5, 5.41) is 14.9. The van der Waals surface area contributed by atoms with E-state index < -0.39 is 12.0 Å². The summed E-state index contributed by atoms with van der Waals surface area (Å²) in [6.45, 7) is 3.09. The number of aliphatic hydroxyl groups excluding tert-OH is 1. The molecule has 1 unspecified atom stereocenters. The first kappa shape index (κ1) is 9.66. The van der Waals surface area contributed by atoms with Crippen LogP contribution in [0.3, 0.4) is 0 Å². The molecular weight excluding hydrogens is 174 g/mol. The molecule has 1 aromatic rings. The molecule has 2 N–H and O–H groups in total. The molecule has 0 bridgehead atoms. The highest BCUT2D eigenvalue weighted by Gasteiger charge is 2.15. The third-order valence-corrected chi connectivity index (χ3v) is 1.50. The molecule has 1 aromatic heterocycles. The lowest BCUT2D eigenvalue weighted by Crippen LogP contribution is -2.34. The topological polar surface area (TPSA) is 88.2 Å². The Bertz CT molecular complexity index is 271. The summed E-state index contributed by atoms with van der Waals surface area (Å²) >= 11 is 0. The van der Waals surface area contributed by atoms with Crippen molar-refractivity contribution in [2.24, 2.45) is 0 Å². The lowest BCUT2D eigenvalue weighted by Gasteiger charge is -2.10. The van der Waals surface area contributed by atoms with E-state index in [-0.39, 0.29) is 6.04 Å². The van der Waals surface area contributed by atoms with Crippen molar-refractivity contribution in [3.63, 3.8) is 0 Å². The number of hydrogen-bond donors (Lipinski definition) is 2. The number of carbonyl (C=O) groups excluding carboxylic acids is 1. The molecule has 2 atom stereocenters. The van der Waals surface area contributed by atoms with Crippen LogP contribution in [0, 0.1) is 0 Å². The number of aliphatic hydroxyl groups is 1. The SMILES string of the molecule is CC(NC(=O)[C@H](C)O)c1ncon1. The summed E-state index contributed by atoms with van der Waals surface area (Å²) in [5.41, 5.74) is 0. The van der Waals surface area contributed by atoms with Gasteiger partial charge in [0.05, 0.1) is 6.04 Å². The van der Waals surface area contributed by atoms with Crippen LogP contribution in [0.2, 0.25) is 0 Å². The van der Waals surface area contributed by atoms with Gasteiger partial charge >= 0.3 is 0 Å². The maximum atomic E-state index is 11.0. The van der Waals surface area contributed by atoms with Crippen LogP contribution in [-0.2, 0) is 4.79 Å². The molecule has 0 saturated heterocycles. The van der Waals surface area contributed by atoms with Crippen molar-refractivity contribution in [1.82, 2.24) is 15.5 Å². The summed E-state index contributed by atoms with van der Waals surface area (Å²) in [7, 11) is 0. The lowest BCUT2D eigenvalue weighted by molar-refractivity contribution is -0.129. The van der Waals surface area contributed by atoms with Crippen LogP contribution in [0.5, 0.6) is 0 Å². The second kappa shape index (κ2) is 3.99. The minimum atomic E-state index is -1.03. The maximum absolute atomic E-state index is 11.0. The smallest absolute Gasteiger partial charge is 0.249 e. The Kier molecular flexibility index (Phi) is 2.97. The molecule has 0 spiro atoms. The zero-order valence-corrected chi connectivity index (χ0v) is 7.39. The van der Waals surface area contributed by atoms with Crippen LogP contribution in [0.15, 0.2) is 10.9 Å². The van der Waals surface area contributed by atoms with E-state index in [0.29, 0.717) is 5.82 Å². The highest BCUT2D eigenvalue weighted by atomic mass is 16.5. The first-order valence-electron chi connectivity index (χ1n) is 3.86. The van der Waals surface area contributed by atoms with E-state index in [9.17, 15) is 4.79 Å². The molecule has 0 aliphatic heterocycles. The third-order valence-electron chi connectivity index (χ3n) is 1.50. The van der Waals surface area contributed by atoms with Crippen LogP contribution in [0.25, 0.3) is 0 Å². The summed E-state index contributed by atoms with van der Waals surface area (Å²) in [4.78, 5) is 14.8. The van der Waals surface area contributed by atoms with Gasteiger partial charge in [0, 0.05) is 0 Å². The molecule has 0 aliphatic rings. The zero-order chi connectivity index (χ0) is 9.84. The van der Waals surface area contributed by atoms with Crippen LogP contribution in [0.1, 0.15) is 25.7 Å². The predicted molar refractivity (Wildman–Crippen MR) is 42.5 cm³/mol. The van der Waals surface area contributed by atoms with E-state index >= 15 is 0 Å². The molecule has 0 aromatic carbocycles. The molecule has 6 heteroatoms. The van der Waals surface area contributed by atoms with Gasteiger partial charge in [-0.1, -0.05) is 5.16 Å². The lowest BCUT2D eigenvalue weighted by atomic mass is 10.3. The number of rotatable bonds is 3. The first-order chi connectivity index (χ1) is 6.11. The molecule has 1 heterocycles. The molecule has 72 valence electrons. The summed E-state index contributed by atoms with van der Waals surface area (Å²) in [6.07, 6.45) is 0.148. The predicted octanol–water partition coefficient (Wildman–Crippen LogP) is -0.372. The fraction of sp³-hybridized carbons (Fsp3) is 0.571. The van der Waals surface area contributed by atoms with Gasteiger partial charge in [0.25, 0.3) is 0 Å². The Morgan fingerprint density at radius 2 is 2.38 bits per heavy atom. The molecule has 0 saturated carbocycles. The largest absolute Gasteiger partial charge is 0.384 e. The van der Waals surface area contributed by atoms with Gasteiger partial charge in [0.1, 0.15) is 6.10 Å². The van der Waals surface area contributed by atoms with E-state index in [1.54, 1.807) is 6.92 Å². The fourth-order valence-corrected chi connectivity index (χ4v) is 0.768. The standard InChI is InChI=1S/C7H11N3O3/c1-4(6-8-3-13-10-6)9-7(12)5(2)11/h3-5,11H,1-2H3,(H,9,12)/t4?,5-/m0/s1. The molecule has 13 heavy (non-hydrogen) atoms. The normalized spacial score (nSPS) is 15.0. The van der Waals surface area contributed by atoms with E-state index in [1.165, 1.54) is 13.3 Å². The van der Waals surface area contributed by atoms with Gasteiger partial charge in [-0.2, -0.15) is 4.98 Å². The summed E-state index contributed by atoms with van der Waals surface area (Å²) in [5.74, 6) is -0.0775. The zero-order valence-electron chi connectivity index (χ0n) is 7.39. The van der Waals surface area contributed by atoms with Crippen molar-refractivity contribution in [1.29, 1.82) is 0 Å². The number of hydrogen-bond acceptors (Lipinski definition) is 5. The van der Waals surface area contributed by atoms with Gasteiger partial charge in [-0.3, -0.25) is 4.79 Å². The quantitative estimate of drug-likeness (QED) is 0.670. The van der Waals surface area contributed by atoms with Crippen LogP contribution >= 0.6 is 0 Å². The van der Waals surface area contributed by atoms with E-state index in [0.717, 1.165) is 0 Å². The summed E-state index contributed by atoms with van der Waals surface area (Å²) in [6, 6.07) is -0.360. The van der Waals surface area contributed by atoms with Gasteiger partial charge < -0.3 is 14.9 Å². The van der Waals surface area contributed by atoms with Gasteiger partial charge in [0.2, 0.25) is 12.3 Å². The summed E-state index contributed by atoms with van der Waals surface area (Å²) < 4.78 is 4.50. The van der Waals surface area contributed by atoms with E-state index in [1.807, 2.05) is 0 Å². The molecule has 1 rings (SSSR count). The molecular formula is C7H11N3O3. The average molecular weight is 185 g/mol. The Balaban J connectivity index is 2.51. The monoisotopic (exact) mass is 185 g/mol. The van der Waals surface area contributed by atoms with Gasteiger partial charge in [-0.05, 0) is 13.8 Å². The van der Waals surface area contributed by atoms with Crippen LogP contribution in [-0.4, -0.2) is 27.3 Å². The molecule has 6 nitrogen and oxygen atoms in total. The van der Waals surface area contributed by atoms with E-state index in [4.69, 9.17) is 5.11 Å². The minimum Gasteiger partial charge on any atom is -0.384 e. The molecule has 0 radical (unpaired) electrons. The first-order valence-corrected chi connectivity index (χ1v) is 3.86. The molecule has 1 amide bonds. The number of nitrogens with one attached hydrogen (secondary N) is 1. The number of aromatic nitrogens is 2. The Morgan fingerprint density at radius 3 is 2.85 bits per heavy atom. The van der Waals surface area contributed by atoms with E-state index in [2.05, 4.69) is 20.0 Å². The number of carbonyl (C=O) groups is 1. The van der Waals surface area contributed by atoms with Gasteiger partial charge in [0.15, 0.2) is 5.82 Å². The average Bonchev–Trinajstić information content (AvgIpc) is 2.55. The fourth-order valence-electron chi connectivity index (χ4n) is 0.768. The Labute approximate surface area is 74.9 Å². The van der Waals surface area contributed by atoms with Crippen molar-refractivity contribution >= 4 is 5.91 Å². The van der Waals surface area contributed by atoms with Crippen LogP contribution < -0.4 is 5.32 Å². The number of amides is 1. The Hall–Kier alpha value is -1.43. The highest BCUT2D eigenvalue weighted by molar-refractivity contribution is 5.80. The van der Waals surface area contributed by atoms with Crippen molar-refractivity contribution in [3.05, 3.63) is 12.2 Å². The third kappa shape index (κ3) is 2.51. The second-order valence-corrected chi connectivity index (χ2v) is 2.70. The minimum absolute atomic E-state index is 0.360. The molecule has 0 aliphatic carbocycles. The second-order valence-electron chi connectivity index (χ2n) is 2.70. The maximum Gasteiger partial charge on any atom is 0.249 e. The van der Waals surface area contributed by atoms with Gasteiger partial charge in [-0.25, -0.2) is 0 Å². The van der Waals surface area contributed by atoms with Gasteiger partial charge in [-0.15, -0.1) is 0 Å². The van der Waals surface area contributed by atoms with Crippen molar-refractivity contribution in [3.8, 4) is 0 Å². The van der Waals surface area contributed by atoms with Crippen LogP contribution in [0.4, 0.5) is 0 Å². The van der Waals surface area contributed by atoms with Crippen molar-refractivity contribution in [2.75, 3.05) is 0 Å². The number of nitrogens with zero attached hydrogens (tertiary/aromatic N) is 2. The van der Waals surface area contributed by atoms with Crippen molar-refractivity contribution < 1.29 is 14.4 Å². The molecule has 0 fully saturated rings. The van der Waals surface area contributed by atoms with Crippen molar-refractivity contribution in [2.45, 2.75) is 26.0 Å². The highest BCUT2D eigenvalue weighted by Crippen LogP contribution is 2.04.